The Kier molecular flexibility index (Phi) is 5.19. The molecular formula is C14H17BrN2O4. The van der Waals surface area contributed by atoms with Gasteiger partial charge in [0.25, 0.3) is 5.91 Å². The monoisotopic (exact) mass is 356 g/mol. The second-order valence-electron chi connectivity index (χ2n) is 4.81. The number of carbonyl (C=O) groups excluding carboxylic acids is 1. The topological polar surface area (TPSA) is 70.1 Å². The number of rotatable bonds is 4. The first-order valence-electron chi connectivity index (χ1n) is 6.58. The maximum Gasteiger partial charge on any atom is 0.317 e. The molecule has 7 heteroatoms. The average Bonchev–Trinajstić information content (AvgIpc) is 2.47. The highest BCUT2D eigenvalue weighted by atomic mass is 79.9. The van der Waals surface area contributed by atoms with E-state index >= 15 is 0 Å². The van der Waals surface area contributed by atoms with E-state index in [2.05, 4.69) is 15.9 Å². The minimum Gasteiger partial charge on any atom is -0.497 e. The molecular weight excluding hydrogens is 340 g/mol. The van der Waals surface area contributed by atoms with Crippen LogP contribution in [-0.2, 0) is 4.79 Å². The summed E-state index contributed by atoms with van der Waals surface area (Å²) in [5.74, 6) is -0.285. The molecule has 6 nitrogen and oxygen atoms in total. The molecule has 0 saturated carbocycles. The summed E-state index contributed by atoms with van der Waals surface area (Å²) in [5.41, 5.74) is 0.557. The van der Waals surface area contributed by atoms with Crippen molar-refractivity contribution in [3.8, 4) is 5.75 Å². The minimum absolute atomic E-state index is 0.0187. The number of hydrogen-bond acceptors (Lipinski definition) is 4. The molecule has 0 radical (unpaired) electrons. The summed E-state index contributed by atoms with van der Waals surface area (Å²) in [6, 6.07) is 5.27. The van der Waals surface area contributed by atoms with Gasteiger partial charge in [0, 0.05) is 30.7 Å². The summed E-state index contributed by atoms with van der Waals surface area (Å²) < 4.78 is 5.87. The van der Waals surface area contributed by atoms with Crippen LogP contribution in [0.15, 0.2) is 22.7 Å². The van der Waals surface area contributed by atoms with E-state index in [4.69, 9.17) is 9.84 Å². The zero-order valence-corrected chi connectivity index (χ0v) is 13.3. The van der Waals surface area contributed by atoms with Gasteiger partial charge in [0.15, 0.2) is 0 Å². The number of hydrogen-bond donors (Lipinski definition) is 1. The predicted molar refractivity (Wildman–Crippen MR) is 80.7 cm³/mol. The Bertz CT molecular complexity index is 542. The molecule has 0 unspecified atom stereocenters. The van der Waals surface area contributed by atoms with Crippen LogP contribution in [0.25, 0.3) is 0 Å². The molecule has 1 heterocycles. The van der Waals surface area contributed by atoms with E-state index in [9.17, 15) is 9.59 Å². The zero-order chi connectivity index (χ0) is 15.4. The number of nitrogens with zero attached hydrogens (tertiary/aromatic N) is 2. The van der Waals surface area contributed by atoms with Gasteiger partial charge in [-0.25, -0.2) is 0 Å². The largest absolute Gasteiger partial charge is 0.497 e. The Morgan fingerprint density at radius 1 is 1.29 bits per heavy atom. The second kappa shape index (κ2) is 6.91. The zero-order valence-electron chi connectivity index (χ0n) is 11.7. The Balaban J connectivity index is 2.03. The van der Waals surface area contributed by atoms with E-state index in [-0.39, 0.29) is 12.5 Å². The third-order valence-corrected chi connectivity index (χ3v) is 4.11. The van der Waals surface area contributed by atoms with Crippen LogP contribution in [-0.4, -0.2) is 66.6 Å². The molecule has 0 atom stereocenters. The second-order valence-corrected chi connectivity index (χ2v) is 5.66. The van der Waals surface area contributed by atoms with E-state index in [1.807, 2.05) is 4.90 Å². The van der Waals surface area contributed by atoms with E-state index in [1.165, 1.54) is 0 Å². The maximum absolute atomic E-state index is 12.5. The molecule has 0 aromatic heterocycles. The Hall–Kier alpha value is -1.60. The molecule has 0 aliphatic carbocycles. The van der Waals surface area contributed by atoms with Crippen molar-refractivity contribution in [1.82, 2.24) is 9.80 Å². The van der Waals surface area contributed by atoms with Gasteiger partial charge in [0.2, 0.25) is 0 Å². The van der Waals surface area contributed by atoms with Crippen molar-refractivity contribution in [3.63, 3.8) is 0 Å². The number of aliphatic carboxylic acids is 1. The summed E-state index contributed by atoms with van der Waals surface area (Å²) in [6.45, 7) is 2.20. The van der Waals surface area contributed by atoms with E-state index in [0.29, 0.717) is 37.5 Å². The van der Waals surface area contributed by atoms with Crippen LogP contribution in [0.2, 0.25) is 0 Å². The minimum atomic E-state index is -0.842. The normalized spacial score (nSPS) is 15.8. The summed E-state index contributed by atoms with van der Waals surface area (Å²) in [6.07, 6.45) is 0. The van der Waals surface area contributed by atoms with Gasteiger partial charge in [0.05, 0.1) is 19.2 Å². The summed E-state index contributed by atoms with van der Waals surface area (Å²) in [5, 5.41) is 8.77. The Morgan fingerprint density at radius 2 is 1.95 bits per heavy atom. The van der Waals surface area contributed by atoms with Gasteiger partial charge in [-0.2, -0.15) is 0 Å². The summed E-state index contributed by atoms with van der Waals surface area (Å²) in [7, 11) is 1.56. The van der Waals surface area contributed by atoms with Crippen LogP contribution < -0.4 is 4.74 Å². The Morgan fingerprint density at radius 3 is 2.52 bits per heavy atom. The molecule has 1 N–H and O–H groups in total. The highest BCUT2D eigenvalue weighted by molar-refractivity contribution is 9.10. The van der Waals surface area contributed by atoms with Crippen LogP contribution in [0.5, 0.6) is 5.75 Å². The van der Waals surface area contributed by atoms with Crippen molar-refractivity contribution in [2.24, 2.45) is 0 Å². The van der Waals surface area contributed by atoms with Crippen molar-refractivity contribution in [3.05, 3.63) is 28.2 Å². The van der Waals surface area contributed by atoms with E-state index < -0.39 is 5.97 Å². The van der Waals surface area contributed by atoms with Gasteiger partial charge in [-0.1, -0.05) is 0 Å². The fourth-order valence-corrected chi connectivity index (χ4v) is 2.68. The van der Waals surface area contributed by atoms with Gasteiger partial charge >= 0.3 is 5.97 Å². The number of halogens is 1. The predicted octanol–water partition coefficient (Wildman–Crippen LogP) is 1.30. The first-order valence-corrected chi connectivity index (χ1v) is 7.37. The summed E-state index contributed by atoms with van der Waals surface area (Å²) >= 11 is 3.38. The lowest BCUT2D eigenvalue weighted by Gasteiger charge is -2.34. The van der Waals surface area contributed by atoms with Crippen LogP contribution in [0, 0.1) is 0 Å². The van der Waals surface area contributed by atoms with Gasteiger partial charge < -0.3 is 14.7 Å². The van der Waals surface area contributed by atoms with Gasteiger partial charge in [0.1, 0.15) is 5.75 Å². The molecule has 1 amide bonds. The van der Waals surface area contributed by atoms with Crippen LogP contribution in [0.3, 0.4) is 0 Å². The average molecular weight is 357 g/mol. The maximum atomic E-state index is 12.5. The number of carbonyl (C=O) groups is 2. The molecule has 21 heavy (non-hydrogen) atoms. The molecule has 114 valence electrons. The molecule has 2 rings (SSSR count). The molecule has 1 fully saturated rings. The summed E-state index contributed by atoms with van der Waals surface area (Å²) in [4.78, 5) is 26.8. The number of ether oxygens (including phenoxy) is 1. The van der Waals surface area contributed by atoms with Crippen LogP contribution >= 0.6 is 15.9 Å². The van der Waals surface area contributed by atoms with Crippen LogP contribution in [0.4, 0.5) is 0 Å². The van der Waals surface area contributed by atoms with Crippen molar-refractivity contribution in [2.75, 3.05) is 39.8 Å². The quantitative estimate of drug-likeness (QED) is 0.880. The standard InChI is InChI=1S/C14H17BrN2O4/c1-21-10-2-3-12(15)11(8-10)14(20)17-6-4-16(5-7-17)9-13(18)19/h2-3,8H,4-7,9H2,1H3,(H,18,19). The fourth-order valence-electron chi connectivity index (χ4n) is 2.27. The molecule has 1 aliphatic rings. The SMILES string of the molecule is COc1ccc(Br)c(C(=O)N2CCN(CC(=O)O)CC2)c1. The van der Waals surface area contributed by atoms with Crippen molar-refractivity contribution in [1.29, 1.82) is 0 Å². The first kappa shape index (κ1) is 15.8. The number of benzene rings is 1. The fraction of sp³-hybridized carbons (Fsp3) is 0.429. The third-order valence-electron chi connectivity index (χ3n) is 3.42. The highest BCUT2D eigenvalue weighted by Crippen LogP contribution is 2.24. The molecule has 1 aromatic rings. The molecule has 0 bridgehead atoms. The molecule has 0 spiro atoms. The van der Waals surface area contributed by atoms with E-state index in [0.717, 1.165) is 4.47 Å². The molecule has 1 aromatic carbocycles. The third kappa shape index (κ3) is 3.95. The van der Waals surface area contributed by atoms with Crippen molar-refractivity contribution in [2.45, 2.75) is 0 Å². The van der Waals surface area contributed by atoms with Gasteiger partial charge in [-0.05, 0) is 34.1 Å². The lowest BCUT2D eigenvalue weighted by molar-refractivity contribution is -0.138. The number of carboxylic acid groups (broad SMARTS) is 1. The lowest BCUT2D eigenvalue weighted by Crippen LogP contribution is -2.49. The number of methoxy groups -OCH3 is 1. The van der Waals surface area contributed by atoms with Gasteiger partial charge in [-0.3, -0.25) is 14.5 Å². The van der Waals surface area contributed by atoms with E-state index in [1.54, 1.807) is 30.2 Å². The Labute approximate surface area is 131 Å². The first-order chi connectivity index (χ1) is 10.0. The molecule has 1 aliphatic heterocycles. The number of piperazine rings is 1. The number of amides is 1. The molecule has 1 saturated heterocycles. The van der Waals surface area contributed by atoms with Crippen LogP contribution in [0.1, 0.15) is 10.4 Å². The lowest BCUT2D eigenvalue weighted by atomic mass is 10.1. The number of carboxylic acids is 1. The smallest absolute Gasteiger partial charge is 0.317 e. The van der Waals surface area contributed by atoms with Crippen molar-refractivity contribution >= 4 is 27.8 Å². The highest BCUT2D eigenvalue weighted by Gasteiger charge is 2.24. The van der Waals surface area contributed by atoms with Crippen molar-refractivity contribution < 1.29 is 19.4 Å². The van der Waals surface area contributed by atoms with Gasteiger partial charge in [-0.15, -0.1) is 0 Å².